The van der Waals surface area contributed by atoms with Gasteiger partial charge in [0.2, 0.25) is 5.88 Å². The summed E-state index contributed by atoms with van der Waals surface area (Å²) in [5, 5.41) is 9.99. The second-order valence-electron chi connectivity index (χ2n) is 10.4. The van der Waals surface area contributed by atoms with Gasteiger partial charge >= 0.3 is 6.18 Å². The lowest BCUT2D eigenvalue weighted by atomic mass is 9.84. The lowest BCUT2D eigenvalue weighted by Gasteiger charge is -2.23. The first kappa shape index (κ1) is 27.8. The second kappa shape index (κ2) is 12.2. The molecule has 0 aliphatic heterocycles. The molecular weight excluding hydrogens is 519 g/mol. The number of fused-ring (bicyclic) bond motifs is 1. The van der Waals surface area contributed by atoms with Crippen LogP contribution < -0.4 is 20.5 Å². The third kappa shape index (κ3) is 6.85. The fourth-order valence-corrected chi connectivity index (χ4v) is 5.23. The number of alkyl halides is 3. The van der Waals surface area contributed by atoms with Crippen LogP contribution in [-0.2, 0) is 19.3 Å². The van der Waals surface area contributed by atoms with Crippen LogP contribution in [0.1, 0.15) is 66.8 Å². The molecule has 10 heteroatoms. The molecule has 2 heterocycles. The number of halogens is 3. The Morgan fingerprint density at radius 1 is 1.00 bits per heavy atom. The summed E-state index contributed by atoms with van der Waals surface area (Å²) in [5.74, 6) is 1.70. The quantitative estimate of drug-likeness (QED) is 0.219. The molecule has 1 aliphatic carbocycles. The Kier molecular flexibility index (Phi) is 8.44. The van der Waals surface area contributed by atoms with Gasteiger partial charge in [-0.15, -0.1) is 5.10 Å². The number of aromatic amines is 1. The minimum absolute atomic E-state index is 0.00157. The first-order valence-corrected chi connectivity index (χ1v) is 13.6. The minimum Gasteiger partial charge on any atom is -0.497 e. The van der Waals surface area contributed by atoms with E-state index in [0.29, 0.717) is 24.3 Å². The van der Waals surface area contributed by atoms with E-state index in [-0.39, 0.29) is 12.5 Å². The maximum Gasteiger partial charge on any atom is 0.432 e. The number of nitrogens with two attached hydrogens (primary N) is 1. The highest BCUT2D eigenvalue weighted by molar-refractivity contribution is 5.82. The van der Waals surface area contributed by atoms with Crippen molar-refractivity contribution in [1.29, 1.82) is 0 Å². The summed E-state index contributed by atoms with van der Waals surface area (Å²) in [4.78, 5) is 4.87. The number of nitrogens with one attached hydrogen (secondary N) is 2. The lowest BCUT2D eigenvalue weighted by molar-refractivity contribution is -0.141. The van der Waals surface area contributed by atoms with Gasteiger partial charge in [0.1, 0.15) is 23.9 Å². The number of pyridine rings is 1. The molecule has 0 spiro atoms. The van der Waals surface area contributed by atoms with Gasteiger partial charge in [-0.25, -0.2) is 4.98 Å². The number of ether oxygens (including phenoxy) is 2. The molecule has 4 N–H and O–H groups in total. The van der Waals surface area contributed by atoms with Crippen LogP contribution in [0.4, 0.5) is 19.0 Å². The fourth-order valence-electron chi connectivity index (χ4n) is 5.23. The number of aromatic nitrogens is 3. The number of nitrogens with zero attached hydrogens (tertiary/aromatic N) is 2. The van der Waals surface area contributed by atoms with Gasteiger partial charge < -0.3 is 20.5 Å². The molecule has 1 saturated carbocycles. The van der Waals surface area contributed by atoms with Gasteiger partial charge in [0, 0.05) is 29.6 Å². The summed E-state index contributed by atoms with van der Waals surface area (Å²) >= 11 is 0. The van der Waals surface area contributed by atoms with Crippen LogP contribution in [0.5, 0.6) is 11.6 Å². The van der Waals surface area contributed by atoms with Crippen molar-refractivity contribution in [3.05, 3.63) is 77.0 Å². The maximum absolute atomic E-state index is 13.0. The van der Waals surface area contributed by atoms with Crippen molar-refractivity contribution in [2.24, 2.45) is 5.73 Å². The Bertz CT molecular complexity index is 1410. The van der Waals surface area contributed by atoms with Crippen molar-refractivity contribution >= 4 is 16.7 Å². The van der Waals surface area contributed by atoms with E-state index in [1.807, 2.05) is 41.5 Å². The molecule has 4 aromatic rings. The molecule has 0 amide bonds. The van der Waals surface area contributed by atoms with Crippen LogP contribution in [0.2, 0.25) is 0 Å². The molecule has 0 atom stereocenters. The van der Waals surface area contributed by atoms with Crippen LogP contribution in [-0.4, -0.2) is 28.3 Å². The molecular formula is C30H34F3N5O2. The summed E-state index contributed by atoms with van der Waals surface area (Å²) in [5.41, 5.74) is 9.06. The first-order valence-electron chi connectivity index (χ1n) is 13.6. The highest BCUT2D eigenvalue weighted by Gasteiger charge is 2.33. The van der Waals surface area contributed by atoms with Crippen molar-refractivity contribution in [2.45, 2.75) is 69.8 Å². The molecule has 212 valence electrons. The summed E-state index contributed by atoms with van der Waals surface area (Å²) in [6, 6.07) is 17.2. The van der Waals surface area contributed by atoms with Crippen LogP contribution in [0.25, 0.3) is 10.9 Å². The molecule has 5 rings (SSSR count). The number of rotatable bonds is 8. The topological polar surface area (TPSA) is 98.1 Å². The monoisotopic (exact) mass is 553 g/mol. The third-order valence-electron chi connectivity index (χ3n) is 7.50. The van der Waals surface area contributed by atoms with Crippen LogP contribution in [0, 0.1) is 0 Å². The van der Waals surface area contributed by atoms with Gasteiger partial charge in [0.25, 0.3) is 0 Å². The second-order valence-corrected chi connectivity index (χ2v) is 10.4. The molecule has 0 saturated heterocycles. The Balaban J connectivity index is 1.40. The average molecular weight is 554 g/mol. The van der Waals surface area contributed by atoms with E-state index in [0.717, 1.165) is 72.4 Å². The Morgan fingerprint density at radius 2 is 1.75 bits per heavy atom. The fraction of sp³-hybridized carbons (Fsp3) is 0.400. The predicted molar refractivity (Wildman–Crippen MR) is 148 cm³/mol. The van der Waals surface area contributed by atoms with Crippen LogP contribution in [0.3, 0.4) is 0 Å². The van der Waals surface area contributed by atoms with Crippen molar-refractivity contribution in [3.63, 3.8) is 0 Å². The Hall–Kier alpha value is -3.79. The zero-order chi connectivity index (χ0) is 28.1. The summed E-state index contributed by atoms with van der Waals surface area (Å²) in [7, 11) is 1.62. The first-order chi connectivity index (χ1) is 19.3. The number of methoxy groups -OCH3 is 1. The zero-order valence-electron chi connectivity index (χ0n) is 22.4. The minimum atomic E-state index is -4.53. The van der Waals surface area contributed by atoms with Crippen molar-refractivity contribution in [2.75, 3.05) is 12.4 Å². The predicted octanol–water partition coefficient (Wildman–Crippen LogP) is 6.94. The third-order valence-corrected chi connectivity index (χ3v) is 7.50. The summed E-state index contributed by atoms with van der Waals surface area (Å²) in [6.07, 6.45) is 2.01. The van der Waals surface area contributed by atoms with Crippen molar-refractivity contribution in [3.8, 4) is 11.6 Å². The van der Waals surface area contributed by atoms with Crippen molar-refractivity contribution < 1.29 is 22.6 Å². The Morgan fingerprint density at radius 3 is 2.42 bits per heavy atom. The smallest absolute Gasteiger partial charge is 0.432 e. The van der Waals surface area contributed by atoms with Crippen LogP contribution in [0.15, 0.2) is 54.6 Å². The normalized spacial score (nSPS) is 18.2. The molecule has 7 nitrogen and oxygen atoms in total. The average Bonchev–Trinajstić information content (AvgIpc) is 3.42. The van der Waals surface area contributed by atoms with Gasteiger partial charge in [0.05, 0.1) is 12.6 Å². The molecule has 2 aromatic carbocycles. The number of hydrogen-bond donors (Lipinski definition) is 3. The van der Waals surface area contributed by atoms with E-state index < -0.39 is 11.9 Å². The van der Waals surface area contributed by atoms with Crippen molar-refractivity contribution in [1.82, 2.24) is 15.2 Å². The van der Waals surface area contributed by atoms with E-state index >= 15 is 0 Å². The number of H-pyrrole nitrogens is 1. The van der Waals surface area contributed by atoms with Gasteiger partial charge in [-0.3, -0.25) is 5.10 Å². The van der Waals surface area contributed by atoms with Gasteiger partial charge in [0.15, 0.2) is 0 Å². The maximum atomic E-state index is 13.0. The largest absolute Gasteiger partial charge is 0.497 e. The van der Waals surface area contributed by atoms with E-state index in [1.165, 1.54) is 5.56 Å². The number of anilines is 1. The highest BCUT2D eigenvalue weighted by Crippen LogP contribution is 2.34. The molecule has 2 aromatic heterocycles. The lowest BCUT2D eigenvalue weighted by Crippen LogP contribution is -2.21. The molecule has 0 radical (unpaired) electrons. The van der Waals surface area contributed by atoms with E-state index in [2.05, 4.69) is 22.5 Å². The molecule has 1 fully saturated rings. The number of benzene rings is 2. The van der Waals surface area contributed by atoms with E-state index in [4.69, 9.17) is 20.2 Å². The highest BCUT2D eigenvalue weighted by atomic mass is 19.4. The summed E-state index contributed by atoms with van der Waals surface area (Å²) < 4.78 is 49.9. The molecule has 40 heavy (non-hydrogen) atoms. The van der Waals surface area contributed by atoms with Gasteiger partial charge in [-0.05, 0) is 73.1 Å². The number of hydrogen-bond acceptors (Lipinski definition) is 6. The SMILES string of the molecule is COc1ccc(CNc2nc3ccc(C4CCCC(N)CCC4)cc3cc2COc2cc(C(F)(F)F)[nH]n2)cc1. The summed E-state index contributed by atoms with van der Waals surface area (Å²) in [6.45, 7) is 0.500. The molecule has 0 bridgehead atoms. The zero-order valence-corrected chi connectivity index (χ0v) is 22.4. The molecule has 1 aliphatic rings. The van der Waals surface area contributed by atoms with E-state index in [1.54, 1.807) is 7.11 Å². The standard InChI is InChI=1S/C30H34F3N5O2/c1-39-25-11-8-19(9-12-25)17-35-29-23(18-40-28-16-27(37-38-28)30(31,32)33)15-22-14-21(10-13-26(22)36-29)20-4-2-6-24(34)7-3-5-20/h8-16,20,24H,2-7,17-18,34H2,1H3,(H,35,36)(H,37,38). The van der Waals surface area contributed by atoms with Gasteiger partial charge in [-0.1, -0.05) is 31.0 Å². The van der Waals surface area contributed by atoms with E-state index in [9.17, 15) is 13.2 Å². The Labute approximate surface area is 231 Å². The molecule has 0 unspecified atom stereocenters. The van der Waals surface area contributed by atoms with Crippen LogP contribution >= 0.6 is 0 Å². The van der Waals surface area contributed by atoms with Gasteiger partial charge in [-0.2, -0.15) is 13.2 Å².